The van der Waals surface area contributed by atoms with Crippen LogP contribution in [0, 0.1) is 0 Å². The Kier molecular flexibility index (Phi) is 11.6. The van der Waals surface area contributed by atoms with Gasteiger partial charge >= 0.3 is 11.9 Å². The lowest BCUT2D eigenvalue weighted by Crippen LogP contribution is -2.02. The van der Waals surface area contributed by atoms with E-state index >= 15 is 0 Å². The maximum absolute atomic E-state index is 11.4. The minimum Gasteiger partial charge on any atom is -0.497 e. The summed E-state index contributed by atoms with van der Waals surface area (Å²) in [6.45, 7) is 6.02. The van der Waals surface area contributed by atoms with Gasteiger partial charge in [-0.3, -0.25) is 0 Å². The van der Waals surface area contributed by atoms with Gasteiger partial charge in [-0.25, -0.2) is 9.59 Å². The monoisotopic (exact) mass is 424 g/mol. The average molecular weight is 424 g/mol. The smallest absolute Gasteiger partial charge is 0.330 e. The van der Waals surface area contributed by atoms with Gasteiger partial charge in [0.2, 0.25) is 0 Å². The van der Waals surface area contributed by atoms with Crippen molar-refractivity contribution in [3.05, 3.63) is 84.0 Å². The number of carbonyl (C=O) groups is 2. The second-order valence-electron chi connectivity index (χ2n) is 6.43. The van der Waals surface area contributed by atoms with Crippen molar-refractivity contribution in [2.45, 2.75) is 13.3 Å². The molecule has 0 amide bonds. The van der Waals surface area contributed by atoms with Crippen molar-refractivity contribution < 1.29 is 28.9 Å². The van der Waals surface area contributed by atoms with Crippen LogP contribution in [0.1, 0.15) is 24.5 Å². The molecule has 0 aliphatic heterocycles. The number of hydrogen-bond acceptors (Lipinski definition) is 5. The molecule has 0 unspecified atom stereocenters. The topological polar surface area (TPSA) is 82.1 Å². The van der Waals surface area contributed by atoms with E-state index in [1.165, 1.54) is 12.2 Å². The van der Waals surface area contributed by atoms with Crippen LogP contribution in [-0.2, 0) is 14.3 Å². The molecule has 0 spiro atoms. The lowest BCUT2D eigenvalue weighted by molar-refractivity contribution is -0.137. The maximum atomic E-state index is 11.4. The van der Waals surface area contributed by atoms with Crippen LogP contribution in [0.2, 0.25) is 0 Å². The SMILES string of the molecule is C=C(C)CCOC(=O)C=Cc1ccc(OC)cc1.COc1ccc(C=CC(=O)O)cc1. The molecule has 0 atom stereocenters. The largest absolute Gasteiger partial charge is 0.497 e. The Morgan fingerprint density at radius 2 is 1.32 bits per heavy atom. The number of aliphatic carboxylic acids is 1. The van der Waals surface area contributed by atoms with Gasteiger partial charge in [-0.1, -0.05) is 29.8 Å². The zero-order chi connectivity index (χ0) is 23.1. The van der Waals surface area contributed by atoms with Gasteiger partial charge < -0.3 is 19.3 Å². The summed E-state index contributed by atoms with van der Waals surface area (Å²) in [6, 6.07) is 14.6. The van der Waals surface area contributed by atoms with E-state index in [1.54, 1.807) is 44.6 Å². The van der Waals surface area contributed by atoms with Crippen LogP contribution in [0.5, 0.6) is 11.5 Å². The molecular formula is C25H28O6. The summed E-state index contributed by atoms with van der Waals surface area (Å²) in [5.41, 5.74) is 2.76. The van der Waals surface area contributed by atoms with E-state index in [-0.39, 0.29) is 5.97 Å². The van der Waals surface area contributed by atoms with Gasteiger partial charge in [-0.05, 0) is 54.5 Å². The Labute approximate surface area is 183 Å². The van der Waals surface area contributed by atoms with Crippen LogP contribution in [0.15, 0.2) is 72.8 Å². The van der Waals surface area contributed by atoms with Gasteiger partial charge in [0.1, 0.15) is 11.5 Å². The molecule has 0 radical (unpaired) electrons. The Morgan fingerprint density at radius 1 is 0.871 bits per heavy atom. The number of carbonyl (C=O) groups excluding carboxylic acids is 1. The van der Waals surface area contributed by atoms with E-state index in [2.05, 4.69) is 6.58 Å². The molecule has 2 aromatic rings. The Hall–Kier alpha value is -3.80. The van der Waals surface area contributed by atoms with Gasteiger partial charge in [0, 0.05) is 18.6 Å². The maximum Gasteiger partial charge on any atom is 0.330 e. The molecule has 0 fully saturated rings. The minimum absolute atomic E-state index is 0.341. The van der Waals surface area contributed by atoms with Crippen LogP contribution in [0.3, 0.4) is 0 Å². The number of benzene rings is 2. The van der Waals surface area contributed by atoms with E-state index in [9.17, 15) is 9.59 Å². The van der Waals surface area contributed by atoms with E-state index in [0.717, 1.165) is 34.3 Å². The molecule has 0 aliphatic carbocycles. The van der Waals surface area contributed by atoms with Crippen molar-refractivity contribution in [2.24, 2.45) is 0 Å². The molecule has 0 aliphatic rings. The summed E-state index contributed by atoms with van der Waals surface area (Å²) >= 11 is 0. The summed E-state index contributed by atoms with van der Waals surface area (Å²) in [6.07, 6.45) is 6.45. The molecule has 31 heavy (non-hydrogen) atoms. The van der Waals surface area contributed by atoms with E-state index in [0.29, 0.717) is 13.0 Å². The first-order valence-corrected chi connectivity index (χ1v) is 9.52. The molecule has 0 saturated heterocycles. The van der Waals surface area contributed by atoms with Gasteiger partial charge in [-0.2, -0.15) is 0 Å². The number of hydrogen-bond donors (Lipinski definition) is 1. The third-order valence-electron chi connectivity index (χ3n) is 3.83. The molecule has 2 rings (SSSR count). The Balaban J connectivity index is 0.000000327. The van der Waals surface area contributed by atoms with Crippen LogP contribution in [-0.4, -0.2) is 37.9 Å². The minimum atomic E-state index is -0.948. The van der Waals surface area contributed by atoms with Gasteiger partial charge in [0.15, 0.2) is 0 Å². The number of ether oxygens (including phenoxy) is 3. The first-order chi connectivity index (χ1) is 14.8. The molecule has 0 bridgehead atoms. The number of carboxylic acids is 1. The fourth-order valence-corrected chi connectivity index (χ4v) is 2.14. The fourth-order valence-electron chi connectivity index (χ4n) is 2.14. The number of methoxy groups -OCH3 is 2. The summed E-state index contributed by atoms with van der Waals surface area (Å²) in [5, 5.41) is 8.36. The van der Waals surface area contributed by atoms with E-state index in [4.69, 9.17) is 19.3 Å². The molecule has 0 aromatic heterocycles. The summed E-state index contributed by atoms with van der Waals surface area (Å²) in [4.78, 5) is 21.5. The molecule has 6 nitrogen and oxygen atoms in total. The first-order valence-electron chi connectivity index (χ1n) is 9.52. The van der Waals surface area contributed by atoms with E-state index < -0.39 is 5.97 Å². The van der Waals surface area contributed by atoms with Crippen molar-refractivity contribution >= 4 is 24.1 Å². The lowest BCUT2D eigenvalue weighted by Gasteiger charge is -2.01. The van der Waals surface area contributed by atoms with Crippen molar-refractivity contribution in [1.29, 1.82) is 0 Å². The highest BCUT2D eigenvalue weighted by Gasteiger charge is 1.97. The highest BCUT2D eigenvalue weighted by Crippen LogP contribution is 2.13. The molecule has 1 N–H and O–H groups in total. The number of esters is 1. The quantitative estimate of drug-likeness (QED) is 0.346. The third-order valence-corrected chi connectivity index (χ3v) is 3.83. The summed E-state index contributed by atoms with van der Waals surface area (Å²) < 4.78 is 15.0. The lowest BCUT2D eigenvalue weighted by atomic mass is 10.2. The van der Waals surface area contributed by atoms with Crippen molar-refractivity contribution in [1.82, 2.24) is 0 Å². The molecule has 0 heterocycles. The summed E-state index contributed by atoms with van der Waals surface area (Å²) in [7, 11) is 3.20. The van der Waals surface area contributed by atoms with Crippen molar-refractivity contribution in [2.75, 3.05) is 20.8 Å². The normalized spacial score (nSPS) is 10.3. The number of rotatable bonds is 9. The standard InChI is InChI=1S/C15H18O3.C10H10O3/c1-12(2)10-11-18-15(16)9-6-13-4-7-14(17-3)8-5-13;1-13-9-5-2-8(3-6-9)4-7-10(11)12/h4-9H,1,10-11H2,2-3H3;2-7H,1H3,(H,11,12). The molecule has 164 valence electrons. The average Bonchev–Trinajstić information content (AvgIpc) is 2.77. The second kappa shape index (κ2) is 14.2. The predicted octanol–water partition coefficient (Wildman–Crippen LogP) is 5.01. The Bertz CT molecular complexity index is 893. The molecule has 2 aromatic carbocycles. The molecule has 6 heteroatoms. The van der Waals surface area contributed by atoms with Gasteiger partial charge in [0.05, 0.1) is 20.8 Å². The second-order valence-corrected chi connectivity index (χ2v) is 6.43. The highest BCUT2D eigenvalue weighted by molar-refractivity contribution is 5.87. The van der Waals surface area contributed by atoms with Gasteiger partial charge in [0.25, 0.3) is 0 Å². The van der Waals surface area contributed by atoms with Crippen LogP contribution in [0.4, 0.5) is 0 Å². The Morgan fingerprint density at radius 3 is 1.71 bits per heavy atom. The van der Waals surface area contributed by atoms with Crippen LogP contribution >= 0.6 is 0 Å². The molecular weight excluding hydrogens is 396 g/mol. The third kappa shape index (κ3) is 11.7. The van der Waals surface area contributed by atoms with Gasteiger partial charge in [-0.15, -0.1) is 6.58 Å². The van der Waals surface area contributed by atoms with E-state index in [1.807, 2.05) is 31.2 Å². The molecule has 0 saturated carbocycles. The fraction of sp³-hybridized carbons (Fsp3) is 0.200. The zero-order valence-corrected chi connectivity index (χ0v) is 18.0. The predicted molar refractivity (Wildman–Crippen MR) is 122 cm³/mol. The van der Waals surface area contributed by atoms with Crippen LogP contribution < -0.4 is 9.47 Å². The van der Waals surface area contributed by atoms with Crippen LogP contribution in [0.25, 0.3) is 12.2 Å². The highest BCUT2D eigenvalue weighted by atomic mass is 16.5. The first kappa shape index (κ1) is 25.2. The number of carboxylic acid groups (broad SMARTS) is 1. The summed E-state index contributed by atoms with van der Waals surface area (Å²) in [5.74, 6) is 0.256. The van der Waals surface area contributed by atoms with Crippen molar-refractivity contribution in [3.63, 3.8) is 0 Å². The van der Waals surface area contributed by atoms with Crippen molar-refractivity contribution in [3.8, 4) is 11.5 Å². The zero-order valence-electron chi connectivity index (χ0n) is 18.0.